The molecule has 5 heteroatoms. The van der Waals surface area contributed by atoms with Gasteiger partial charge in [0.1, 0.15) is 18.1 Å². The number of nitrogens with one attached hydrogen (secondary N) is 1. The molecule has 0 aliphatic heterocycles. The first kappa shape index (κ1) is 15.1. The van der Waals surface area contributed by atoms with Gasteiger partial charge in [-0.15, -0.1) is 0 Å². The summed E-state index contributed by atoms with van der Waals surface area (Å²) >= 11 is 0. The molecule has 0 spiro atoms. The molecule has 1 aromatic heterocycles. The van der Waals surface area contributed by atoms with Gasteiger partial charge in [0.05, 0.1) is 6.61 Å². The van der Waals surface area contributed by atoms with Crippen molar-refractivity contribution in [2.24, 2.45) is 0 Å². The van der Waals surface area contributed by atoms with Gasteiger partial charge in [-0.05, 0) is 42.8 Å². The maximum atomic E-state index is 12.1. The highest BCUT2D eigenvalue weighted by atomic mass is 16.5. The number of aryl methyl sites for hydroxylation is 2. The van der Waals surface area contributed by atoms with Crippen molar-refractivity contribution in [1.29, 1.82) is 0 Å². The van der Waals surface area contributed by atoms with Gasteiger partial charge < -0.3 is 19.6 Å². The summed E-state index contributed by atoms with van der Waals surface area (Å²) in [5.41, 5.74) is 1.64. The van der Waals surface area contributed by atoms with Gasteiger partial charge in [0.25, 0.3) is 5.91 Å². The normalized spacial score (nSPS) is 10.4. The molecule has 112 valence electrons. The molecule has 0 unspecified atom stereocenters. The molecule has 1 amide bonds. The van der Waals surface area contributed by atoms with E-state index in [4.69, 9.17) is 14.3 Å². The number of hydrogen-bond donors (Lipinski definition) is 2. The number of ether oxygens (including phenoxy) is 1. The second-order valence-electron chi connectivity index (χ2n) is 4.62. The highest BCUT2D eigenvalue weighted by molar-refractivity contribution is 6.02. The zero-order chi connectivity index (χ0) is 15.2. The first-order valence-corrected chi connectivity index (χ1v) is 6.88. The topological polar surface area (TPSA) is 71.7 Å². The van der Waals surface area contributed by atoms with Crippen LogP contribution in [0.4, 0.5) is 5.69 Å². The second kappa shape index (κ2) is 6.95. The summed E-state index contributed by atoms with van der Waals surface area (Å²) in [5, 5.41) is 11.4. The zero-order valence-corrected chi connectivity index (χ0v) is 12.2. The van der Waals surface area contributed by atoms with E-state index in [0.717, 1.165) is 17.7 Å². The van der Waals surface area contributed by atoms with Crippen molar-refractivity contribution < 1.29 is 19.1 Å². The third-order valence-corrected chi connectivity index (χ3v) is 3.04. The van der Waals surface area contributed by atoms with Gasteiger partial charge in [0.15, 0.2) is 5.76 Å². The molecule has 21 heavy (non-hydrogen) atoms. The molecule has 0 saturated carbocycles. The fraction of sp³-hybridized carbons (Fsp3) is 0.312. The predicted octanol–water partition coefficient (Wildman–Crippen LogP) is 2.77. The first-order valence-electron chi connectivity index (χ1n) is 6.88. The van der Waals surface area contributed by atoms with Crippen LogP contribution in [-0.4, -0.2) is 24.2 Å². The van der Waals surface area contributed by atoms with E-state index in [1.54, 1.807) is 30.3 Å². The fourth-order valence-electron chi connectivity index (χ4n) is 1.97. The Morgan fingerprint density at radius 3 is 2.62 bits per heavy atom. The van der Waals surface area contributed by atoms with Crippen LogP contribution in [-0.2, 0) is 6.42 Å². The summed E-state index contributed by atoms with van der Waals surface area (Å²) in [6, 6.07) is 8.68. The molecule has 1 heterocycles. The molecule has 0 atom stereocenters. The van der Waals surface area contributed by atoms with E-state index in [2.05, 4.69) is 5.32 Å². The standard InChI is InChI=1S/C16H19NO4/c1-3-14-11(2)10-15(21-14)16(19)17-12-4-6-13(7-5-12)20-9-8-18/h4-7,10,18H,3,8-9H2,1-2H3,(H,17,19). The molecule has 0 aliphatic carbocycles. The highest BCUT2D eigenvalue weighted by Crippen LogP contribution is 2.19. The van der Waals surface area contributed by atoms with Crippen molar-refractivity contribution in [1.82, 2.24) is 0 Å². The fourth-order valence-corrected chi connectivity index (χ4v) is 1.97. The van der Waals surface area contributed by atoms with Crippen molar-refractivity contribution in [3.05, 3.63) is 47.4 Å². The Labute approximate surface area is 123 Å². The van der Waals surface area contributed by atoms with Crippen LogP contribution in [0.2, 0.25) is 0 Å². The average Bonchev–Trinajstić information content (AvgIpc) is 2.88. The summed E-state index contributed by atoms with van der Waals surface area (Å²) in [6.07, 6.45) is 0.760. The van der Waals surface area contributed by atoms with Crippen LogP contribution in [0.5, 0.6) is 5.75 Å². The van der Waals surface area contributed by atoms with Crippen LogP contribution in [0.15, 0.2) is 34.7 Å². The van der Waals surface area contributed by atoms with Crippen molar-refractivity contribution in [2.75, 3.05) is 18.5 Å². The minimum Gasteiger partial charge on any atom is -0.491 e. The van der Waals surface area contributed by atoms with Crippen molar-refractivity contribution >= 4 is 11.6 Å². The second-order valence-corrected chi connectivity index (χ2v) is 4.62. The van der Waals surface area contributed by atoms with Gasteiger partial charge in [-0.25, -0.2) is 0 Å². The SMILES string of the molecule is CCc1oc(C(=O)Nc2ccc(OCCO)cc2)cc1C. The number of benzene rings is 1. The van der Waals surface area contributed by atoms with E-state index < -0.39 is 0 Å². The number of carbonyl (C=O) groups is 1. The Kier molecular flexibility index (Phi) is 5.00. The number of amides is 1. The largest absolute Gasteiger partial charge is 0.491 e. The van der Waals surface area contributed by atoms with Crippen molar-refractivity contribution in [3.63, 3.8) is 0 Å². The van der Waals surface area contributed by atoms with E-state index >= 15 is 0 Å². The molecular formula is C16H19NO4. The Bertz CT molecular complexity index is 601. The van der Waals surface area contributed by atoms with Crippen LogP contribution in [0, 0.1) is 6.92 Å². The lowest BCUT2D eigenvalue weighted by Gasteiger charge is -2.06. The predicted molar refractivity (Wildman–Crippen MR) is 79.8 cm³/mol. The molecule has 0 fully saturated rings. The molecule has 0 saturated heterocycles. The molecular weight excluding hydrogens is 270 g/mol. The Morgan fingerprint density at radius 2 is 2.05 bits per heavy atom. The van der Waals surface area contributed by atoms with E-state index in [1.165, 1.54) is 0 Å². The third kappa shape index (κ3) is 3.86. The summed E-state index contributed by atoms with van der Waals surface area (Å²) in [7, 11) is 0. The average molecular weight is 289 g/mol. The van der Waals surface area contributed by atoms with Crippen molar-refractivity contribution in [2.45, 2.75) is 20.3 Å². The number of aliphatic hydroxyl groups excluding tert-OH is 1. The zero-order valence-electron chi connectivity index (χ0n) is 12.2. The first-order chi connectivity index (χ1) is 10.1. The number of anilines is 1. The number of hydrogen-bond acceptors (Lipinski definition) is 4. The maximum Gasteiger partial charge on any atom is 0.291 e. The molecule has 0 radical (unpaired) electrons. The summed E-state index contributed by atoms with van der Waals surface area (Å²) in [6.45, 7) is 4.12. The Morgan fingerprint density at radius 1 is 1.33 bits per heavy atom. The maximum absolute atomic E-state index is 12.1. The van der Waals surface area contributed by atoms with Crippen LogP contribution in [0.25, 0.3) is 0 Å². The van der Waals surface area contributed by atoms with Gasteiger partial charge in [-0.2, -0.15) is 0 Å². The number of furan rings is 1. The van der Waals surface area contributed by atoms with Gasteiger partial charge >= 0.3 is 0 Å². The molecule has 1 aromatic carbocycles. The van der Waals surface area contributed by atoms with Crippen LogP contribution in [0.3, 0.4) is 0 Å². The smallest absolute Gasteiger partial charge is 0.291 e. The lowest BCUT2D eigenvalue weighted by molar-refractivity contribution is 0.0995. The van der Waals surface area contributed by atoms with Gasteiger partial charge in [0, 0.05) is 12.1 Å². The molecule has 5 nitrogen and oxygen atoms in total. The van der Waals surface area contributed by atoms with Gasteiger partial charge in [0.2, 0.25) is 0 Å². The van der Waals surface area contributed by atoms with Gasteiger partial charge in [-0.3, -0.25) is 4.79 Å². The van der Waals surface area contributed by atoms with Gasteiger partial charge in [-0.1, -0.05) is 6.92 Å². The molecule has 2 rings (SSSR count). The van der Waals surface area contributed by atoms with E-state index in [-0.39, 0.29) is 19.1 Å². The Hall–Kier alpha value is -2.27. The summed E-state index contributed by atoms with van der Waals surface area (Å²) in [4.78, 5) is 12.1. The molecule has 0 bridgehead atoms. The highest BCUT2D eigenvalue weighted by Gasteiger charge is 2.13. The lowest BCUT2D eigenvalue weighted by atomic mass is 10.2. The quantitative estimate of drug-likeness (QED) is 0.857. The van der Waals surface area contributed by atoms with E-state index in [0.29, 0.717) is 17.2 Å². The van der Waals surface area contributed by atoms with Crippen molar-refractivity contribution in [3.8, 4) is 5.75 Å². The van der Waals surface area contributed by atoms with E-state index in [9.17, 15) is 4.79 Å². The van der Waals surface area contributed by atoms with Crippen LogP contribution in [0.1, 0.15) is 28.8 Å². The minimum atomic E-state index is -0.276. The minimum absolute atomic E-state index is 0.0317. The van der Waals surface area contributed by atoms with Crippen LogP contribution < -0.4 is 10.1 Å². The molecule has 2 N–H and O–H groups in total. The number of carbonyl (C=O) groups excluding carboxylic acids is 1. The summed E-state index contributed by atoms with van der Waals surface area (Å²) < 4.78 is 10.8. The van der Waals surface area contributed by atoms with E-state index in [1.807, 2.05) is 13.8 Å². The van der Waals surface area contributed by atoms with Crippen LogP contribution >= 0.6 is 0 Å². The molecule has 0 aliphatic rings. The Balaban J connectivity index is 2.01. The number of rotatable bonds is 6. The molecule has 2 aromatic rings. The summed E-state index contributed by atoms with van der Waals surface area (Å²) in [5.74, 6) is 1.50. The monoisotopic (exact) mass is 289 g/mol. The lowest BCUT2D eigenvalue weighted by Crippen LogP contribution is -2.10. The number of aliphatic hydroxyl groups is 1. The third-order valence-electron chi connectivity index (χ3n) is 3.04.